The Morgan fingerprint density at radius 2 is 2.00 bits per heavy atom. The molecule has 0 saturated carbocycles. The molecular formula is C26H21F2N5O. The number of fused-ring (bicyclic) bond motifs is 4. The normalized spacial score (nSPS) is 17.7. The van der Waals surface area contributed by atoms with Gasteiger partial charge in [0.2, 0.25) is 0 Å². The number of aromatic amines is 1. The lowest BCUT2D eigenvalue weighted by Crippen LogP contribution is -2.56. The van der Waals surface area contributed by atoms with E-state index in [0.717, 1.165) is 48.1 Å². The van der Waals surface area contributed by atoms with E-state index in [0.29, 0.717) is 29.4 Å². The number of nitrogens with zero attached hydrogens (tertiary/aromatic N) is 4. The summed E-state index contributed by atoms with van der Waals surface area (Å²) in [6.45, 7) is 11.1. The summed E-state index contributed by atoms with van der Waals surface area (Å²) in [7, 11) is 2.13. The number of piperazine rings is 1. The van der Waals surface area contributed by atoms with Gasteiger partial charge in [0.05, 0.1) is 29.5 Å². The van der Waals surface area contributed by atoms with Gasteiger partial charge in [-0.1, -0.05) is 24.3 Å². The van der Waals surface area contributed by atoms with Crippen molar-refractivity contribution in [2.45, 2.75) is 6.04 Å². The van der Waals surface area contributed by atoms with Crippen molar-refractivity contribution in [2.24, 2.45) is 0 Å². The van der Waals surface area contributed by atoms with Crippen LogP contribution in [0.25, 0.3) is 38.1 Å². The number of H-pyrrole nitrogens is 1. The first-order valence-electron chi connectivity index (χ1n) is 11.1. The maximum atomic E-state index is 14.6. The molecule has 2 aliphatic rings. The zero-order chi connectivity index (χ0) is 23.4. The van der Waals surface area contributed by atoms with Crippen molar-refractivity contribution in [3.63, 3.8) is 0 Å². The molecule has 170 valence electrons. The van der Waals surface area contributed by atoms with Crippen molar-refractivity contribution in [3.05, 3.63) is 71.6 Å². The van der Waals surface area contributed by atoms with Gasteiger partial charge in [0.15, 0.2) is 17.3 Å². The van der Waals surface area contributed by atoms with Crippen molar-refractivity contribution in [3.8, 4) is 28.1 Å². The van der Waals surface area contributed by atoms with Crippen LogP contribution in [-0.4, -0.2) is 54.4 Å². The van der Waals surface area contributed by atoms with Gasteiger partial charge in [0.25, 0.3) is 0 Å². The predicted molar refractivity (Wildman–Crippen MR) is 127 cm³/mol. The highest BCUT2D eigenvalue weighted by atomic mass is 19.2. The van der Waals surface area contributed by atoms with Crippen molar-refractivity contribution in [1.29, 1.82) is 0 Å². The van der Waals surface area contributed by atoms with Gasteiger partial charge in [-0.15, -0.1) is 0 Å². The summed E-state index contributed by atoms with van der Waals surface area (Å²) >= 11 is 0. The first-order chi connectivity index (χ1) is 16.5. The fraction of sp³-hybridized carbons (Fsp3) is 0.231. The Bertz CT molecular complexity index is 1470. The lowest BCUT2D eigenvalue weighted by molar-refractivity contribution is 0.188. The number of likely N-dealkylation sites (N-methyl/N-ethyl adjacent to an activating group) is 1. The fourth-order valence-electron chi connectivity index (χ4n) is 4.96. The van der Waals surface area contributed by atoms with E-state index in [1.807, 2.05) is 12.1 Å². The second-order valence-electron chi connectivity index (χ2n) is 8.80. The number of benzene rings is 3. The van der Waals surface area contributed by atoms with Gasteiger partial charge in [-0.2, -0.15) is 5.10 Å². The molecule has 6 nitrogen and oxygen atoms in total. The Morgan fingerprint density at radius 3 is 2.85 bits per heavy atom. The molecule has 3 heterocycles. The van der Waals surface area contributed by atoms with Crippen LogP contribution in [0.5, 0.6) is 5.75 Å². The summed E-state index contributed by atoms with van der Waals surface area (Å²) in [5, 5.41) is 8.18. The standard InChI is InChI=1S/C26H21F2N5O/c1-29-21-12-22-19(11-18(21)17-4-3-5-20(27)25(17)28)26(31-30-22)15-6-7-23-24(10-15)34-14-16-13-32(2)8-9-33(16)23/h3-7,10-12,16H,8-9,13-14H2,2H3,(H,30,31). The summed E-state index contributed by atoms with van der Waals surface area (Å²) < 4.78 is 34.6. The minimum absolute atomic E-state index is 0.0509. The topological polar surface area (TPSA) is 48.8 Å². The van der Waals surface area contributed by atoms with Crippen LogP contribution in [0.4, 0.5) is 20.2 Å². The summed E-state index contributed by atoms with van der Waals surface area (Å²) in [4.78, 5) is 8.25. The highest BCUT2D eigenvalue weighted by Crippen LogP contribution is 2.42. The van der Waals surface area contributed by atoms with Crippen molar-refractivity contribution in [1.82, 2.24) is 15.1 Å². The maximum absolute atomic E-state index is 14.6. The smallest absolute Gasteiger partial charge is 0.197 e. The van der Waals surface area contributed by atoms with Crippen molar-refractivity contribution in [2.75, 3.05) is 38.2 Å². The lowest BCUT2D eigenvalue weighted by Gasteiger charge is -2.44. The molecule has 2 aliphatic heterocycles. The molecule has 1 aromatic heterocycles. The van der Waals surface area contributed by atoms with Gasteiger partial charge in [-0.3, -0.25) is 5.10 Å². The molecule has 1 unspecified atom stereocenters. The van der Waals surface area contributed by atoms with Crippen LogP contribution in [0, 0.1) is 18.2 Å². The summed E-state index contributed by atoms with van der Waals surface area (Å²) in [5.41, 5.74) is 3.84. The Morgan fingerprint density at radius 1 is 1.12 bits per heavy atom. The van der Waals surface area contributed by atoms with Crippen LogP contribution >= 0.6 is 0 Å². The molecule has 0 radical (unpaired) electrons. The molecule has 0 bridgehead atoms. The number of ether oxygens (including phenoxy) is 1. The largest absolute Gasteiger partial charge is 0.489 e. The predicted octanol–water partition coefficient (Wildman–Crippen LogP) is 5.24. The van der Waals surface area contributed by atoms with Crippen LogP contribution in [-0.2, 0) is 0 Å². The zero-order valence-electron chi connectivity index (χ0n) is 18.5. The van der Waals surface area contributed by atoms with Gasteiger partial charge < -0.3 is 14.5 Å². The third-order valence-corrected chi connectivity index (χ3v) is 6.70. The Hall–Kier alpha value is -3.96. The van der Waals surface area contributed by atoms with E-state index in [4.69, 9.17) is 11.3 Å². The molecule has 1 atom stereocenters. The van der Waals surface area contributed by atoms with Crippen molar-refractivity contribution >= 4 is 22.3 Å². The lowest BCUT2D eigenvalue weighted by atomic mass is 9.98. The molecule has 3 aromatic carbocycles. The molecule has 8 heteroatoms. The second-order valence-corrected chi connectivity index (χ2v) is 8.80. The van der Waals surface area contributed by atoms with Crippen LogP contribution in [0.15, 0.2) is 48.5 Å². The third kappa shape index (κ3) is 3.20. The molecule has 34 heavy (non-hydrogen) atoms. The number of nitrogens with one attached hydrogen (secondary N) is 1. The summed E-state index contributed by atoms with van der Waals surface area (Å²) in [5.74, 6) is -1.11. The highest BCUT2D eigenvalue weighted by molar-refractivity contribution is 6.00. The maximum Gasteiger partial charge on any atom is 0.197 e. The third-order valence-electron chi connectivity index (χ3n) is 6.70. The number of anilines is 1. The molecule has 0 amide bonds. The van der Waals surface area contributed by atoms with Crippen LogP contribution in [0.2, 0.25) is 0 Å². The molecule has 1 fully saturated rings. The minimum atomic E-state index is -0.972. The van der Waals surface area contributed by atoms with Crippen LogP contribution in [0.3, 0.4) is 0 Å². The van der Waals surface area contributed by atoms with E-state index in [-0.39, 0.29) is 11.3 Å². The molecule has 1 N–H and O–H groups in total. The Labute approximate surface area is 195 Å². The summed E-state index contributed by atoms with van der Waals surface area (Å²) in [6.07, 6.45) is 0. The van der Waals surface area contributed by atoms with Crippen LogP contribution < -0.4 is 9.64 Å². The van der Waals surface area contributed by atoms with Gasteiger partial charge in [-0.05, 0) is 36.9 Å². The van der Waals surface area contributed by atoms with E-state index in [2.05, 4.69) is 38.0 Å². The second kappa shape index (κ2) is 7.82. The fourth-order valence-corrected chi connectivity index (χ4v) is 4.96. The molecule has 0 spiro atoms. The molecule has 1 saturated heterocycles. The zero-order valence-corrected chi connectivity index (χ0v) is 18.5. The number of rotatable bonds is 2. The van der Waals surface area contributed by atoms with Crippen LogP contribution in [0.1, 0.15) is 0 Å². The number of halogens is 2. The average molecular weight is 457 g/mol. The molecule has 4 aromatic rings. The Kier molecular flexibility index (Phi) is 4.74. The molecule has 6 rings (SSSR count). The summed E-state index contributed by atoms with van der Waals surface area (Å²) in [6, 6.07) is 13.7. The number of hydrogen-bond acceptors (Lipinski definition) is 4. The van der Waals surface area contributed by atoms with Gasteiger partial charge in [0, 0.05) is 36.1 Å². The van der Waals surface area contributed by atoms with Gasteiger partial charge in [-0.25, -0.2) is 13.6 Å². The van der Waals surface area contributed by atoms with E-state index >= 15 is 0 Å². The molecular weight excluding hydrogens is 436 g/mol. The first kappa shape index (κ1) is 20.6. The van der Waals surface area contributed by atoms with Gasteiger partial charge >= 0.3 is 0 Å². The number of aromatic nitrogens is 2. The van der Waals surface area contributed by atoms with Crippen molar-refractivity contribution < 1.29 is 13.5 Å². The highest BCUT2D eigenvalue weighted by Gasteiger charge is 2.32. The Balaban J connectivity index is 1.45. The minimum Gasteiger partial charge on any atom is -0.489 e. The first-order valence-corrected chi connectivity index (χ1v) is 11.1. The van der Waals surface area contributed by atoms with E-state index in [1.165, 1.54) is 12.1 Å². The quantitative estimate of drug-likeness (QED) is 0.419. The van der Waals surface area contributed by atoms with Gasteiger partial charge in [0.1, 0.15) is 12.4 Å². The number of hydrogen-bond donors (Lipinski definition) is 1. The molecule has 0 aliphatic carbocycles. The monoisotopic (exact) mass is 457 g/mol. The van der Waals surface area contributed by atoms with E-state index in [9.17, 15) is 8.78 Å². The SMILES string of the molecule is [C-]#[N+]c1cc2[nH]nc(-c3ccc4c(c3)OCC3CN(C)CCN43)c2cc1-c1cccc(F)c1F. The van der Waals surface area contributed by atoms with E-state index in [1.54, 1.807) is 12.1 Å². The van der Waals surface area contributed by atoms with E-state index < -0.39 is 11.6 Å². The average Bonchev–Trinajstić information content (AvgIpc) is 3.27.